The summed E-state index contributed by atoms with van der Waals surface area (Å²) in [6, 6.07) is 13.8. The van der Waals surface area contributed by atoms with E-state index < -0.39 is 12.2 Å². The van der Waals surface area contributed by atoms with Crippen LogP contribution in [0.1, 0.15) is 34.1 Å². The highest BCUT2D eigenvalue weighted by Crippen LogP contribution is 2.54. The molecule has 2 aromatic rings. The molecule has 0 aromatic heterocycles. The number of aliphatic hydroxyl groups is 2. The predicted octanol–water partition coefficient (Wildman–Crippen LogP) is 2.65. The lowest BCUT2D eigenvalue weighted by Crippen LogP contribution is -2.47. The summed E-state index contributed by atoms with van der Waals surface area (Å²) < 4.78 is 0. The van der Waals surface area contributed by atoms with Gasteiger partial charge in [-0.3, -0.25) is 0 Å². The summed E-state index contributed by atoms with van der Waals surface area (Å²) in [6.45, 7) is 0. The molecule has 0 saturated heterocycles. The fourth-order valence-electron chi connectivity index (χ4n) is 3.67. The van der Waals surface area contributed by atoms with E-state index in [1.54, 1.807) is 0 Å². The maximum absolute atomic E-state index is 10.4. The maximum atomic E-state index is 10.4. The standard InChI is InChI=1S/C16H13ClO2/c17-11-7-3-6-10-12-8-4-1-2-5-9(8)14(13(10)11)16(19)15(12)18/h1-7,12,14-16,18-19H/t12-,14-,15-,16-/m0/s1. The summed E-state index contributed by atoms with van der Waals surface area (Å²) in [5, 5.41) is 21.4. The van der Waals surface area contributed by atoms with Crippen molar-refractivity contribution in [3.63, 3.8) is 0 Å². The molecule has 0 amide bonds. The number of fused-ring (bicyclic) bond motifs is 1. The number of aliphatic hydroxyl groups excluding tert-OH is 2. The molecule has 5 rings (SSSR count). The fraction of sp³-hybridized carbons (Fsp3) is 0.250. The average molecular weight is 273 g/mol. The van der Waals surface area contributed by atoms with Crippen LogP contribution < -0.4 is 0 Å². The topological polar surface area (TPSA) is 40.5 Å². The highest BCUT2D eigenvalue weighted by Gasteiger charge is 2.49. The zero-order valence-electron chi connectivity index (χ0n) is 10.1. The summed E-state index contributed by atoms with van der Waals surface area (Å²) in [4.78, 5) is 0. The lowest BCUT2D eigenvalue weighted by molar-refractivity contribution is -0.0154. The third-order valence-electron chi connectivity index (χ3n) is 4.43. The first-order chi connectivity index (χ1) is 9.20. The minimum Gasteiger partial charge on any atom is -0.389 e. The highest BCUT2D eigenvalue weighted by atomic mass is 35.5. The van der Waals surface area contributed by atoms with Crippen molar-refractivity contribution in [2.75, 3.05) is 0 Å². The molecule has 0 fully saturated rings. The minimum atomic E-state index is -0.785. The van der Waals surface area contributed by atoms with Crippen molar-refractivity contribution in [3.8, 4) is 0 Å². The van der Waals surface area contributed by atoms with Crippen molar-refractivity contribution in [1.29, 1.82) is 0 Å². The number of rotatable bonds is 0. The zero-order chi connectivity index (χ0) is 13.1. The van der Waals surface area contributed by atoms with Crippen LogP contribution in [0, 0.1) is 0 Å². The summed E-state index contributed by atoms with van der Waals surface area (Å²) in [6.07, 6.45) is -1.54. The Labute approximate surface area is 116 Å². The summed E-state index contributed by atoms with van der Waals surface area (Å²) in [7, 11) is 0. The Morgan fingerprint density at radius 3 is 2.05 bits per heavy atom. The van der Waals surface area contributed by atoms with Gasteiger partial charge in [0.25, 0.3) is 0 Å². The quantitative estimate of drug-likeness (QED) is 0.774. The van der Waals surface area contributed by atoms with Crippen LogP contribution >= 0.6 is 11.6 Å². The smallest absolute Gasteiger partial charge is 0.0918 e. The van der Waals surface area contributed by atoms with Gasteiger partial charge in [-0.1, -0.05) is 48.0 Å². The second kappa shape index (κ2) is 3.83. The van der Waals surface area contributed by atoms with E-state index in [2.05, 4.69) is 0 Å². The molecule has 0 spiro atoms. The third kappa shape index (κ3) is 1.34. The van der Waals surface area contributed by atoms with Gasteiger partial charge in [-0.25, -0.2) is 0 Å². The van der Waals surface area contributed by atoms with Gasteiger partial charge in [0.1, 0.15) is 0 Å². The molecule has 2 bridgehead atoms. The molecule has 3 aliphatic carbocycles. The fourth-order valence-corrected chi connectivity index (χ4v) is 3.97. The van der Waals surface area contributed by atoms with Crippen LogP contribution in [0.3, 0.4) is 0 Å². The Morgan fingerprint density at radius 1 is 0.737 bits per heavy atom. The molecule has 4 atom stereocenters. The van der Waals surface area contributed by atoms with Gasteiger partial charge in [0, 0.05) is 16.9 Å². The normalized spacial score (nSPS) is 30.9. The van der Waals surface area contributed by atoms with Gasteiger partial charge in [-0.15, -0.1) is 0 Å². The predicted molar refractivity (Wildman–Crippen MR) is 73.6 cm³/mol. The Kier molecular flexibility index (Phi) is 2.31. The molecule has 2 N–H and O–H groups in total. The molecular formula is C16H13ClO2. The van der Waals surface area contributed by atoms with Gasteiger partial charge in [-0.05, 0) is 28.3 Å². The van der Waals surface area contributed by atoms with Crippen LogP contribution in [0.25, 0.3) is 0 Å². The van der Waals surface area contributed by atoms with Crippen molar-refractivity contribution >= 4 is 11.6 Å². The molecule has 0 radical (unpaired) electrons. The van der Waals surface area contributed by atoms with Gasteiger partial charge in [0.15, 0.2) is 0 Å². The van der Waals surface area contributed by atoms with Gasteiger partial charge in [0.2, 0.25) is 0 Å². The summed E-state index contributed by atoms with van der Waals surface area (Å²) in [5.41, 5.74) is 4.23. The largest absolute Gasteiger partial charge is 0.389 e. The van der Waals surface area contributed by atoms with E-state index in [0.717, 1.165) is 22.3 Å². The van der Waals surface area contributed by atoms with E-state index in [1.807, 2.05) is 42.5 Å². The lowest BCUT2D eigenvalue weighted by Gasteiger charge is -2.46. The monoisotopic (exact) mass is 272 g/mol. The van der Waals surface area contributed by atoms with Gasteiger partial charge >= 0.3 is 0 Å². The van der Waals surface area contributed by atoms with E-state index in [9.17, 15) is 10.2 Å². The molecule has 0 aliphatic heterocycles. The van der Waals surface area contributed by atoms with Gasteiger partial charge in [0.05, 0.1) is 12.2 Å². The Morgan fingerprint density at radius 2 is 1.32 bits per heavy atom. The Hall–Kier alpha value is -1.35. The van der Waals surface area contributed by atoms with E-state index >= 15 is 0 Å². The van der Waals surface area contributed by atoms with Crippen LogP contribution in [0.4, 0.5) is 0 Å². The molecule has 0 unspecified atom stereocenters. The molecule has 2 aromatic carbocycles. The van der Waals surface area contributed by atoms with Crippen molar-refractivity contribution in [3.05, 3.63) is 69.7 Å². The van der Waals surface area contributed by atoms with Crippen LogP contribution in [0.2, 0.25) is 5.02 Å². The van der Waals surface area contributed by atoms with Gasteiger partial charge in [-0.2, -0.15) is 0 Å². The number of halogens is 1. The first-order valence-electron chi connectivity index (χ1n) is 6.43. The average Bonchev–Trinajstić information content (AvgIpc) is 2.43. The van der Waals surface area contributed by atoms with E-state index in [4.69, 9.17) is 11.6 Å². The molecule has 0 saturated carbocycles. The van der Waals surface area contributed by atoms with Crippen LogP contribution in [0.15, 0.2) is 42.5 Å². The van der Waals surface area contributed by atoms with Crippen molar-refractivity contribution in [2.45, 2.75) is 24.0 Å². The van der Waals surface area contributed by atoms with Crippen molar-refractivity contribution in [2.24, 2.45) is 0 Å². The van der Waals surface area contributed by atoms with E-state index in [0.29, 0.717) is 5.02 Å². The van der Waals surface area contributed by atoms with Crippen molar-refractivity contribution in [1.82, 2.24) is 0 Å². The minimum absolute atomic E-state index is 0.176. The second-order valence-electron chi connectivity index (χ2n) is 5.31. The molecule has 3 aliphatic rings. The summed E-state index contributed by atoms with van der Waals surface area (Å²) >= 11 is 6.32. The van der Waals surface area contributed by atoms with Crippen molar-refractivity contribution < 1.29 is 10.2 Å². The highest BCUT2D eigenvalue weighted by molar-refractivity contribution is 6.31. The second-order valence-corrected chi connectivity index (χ2v) is 5.72. The molecule has 96 valence electrons. The Bertz CT molecular complexity index is 668. The lowest BCUT2D eigenvalue weighted by atomic mass is 9.61. The SMILES string of the molecule is O[C@H]1[C@H]2c3ccccc3[C@@H](c3c(Cl)cccc32)[C@@H]1O. The number of benzene rings is 2. The number of hydrogen-bond acceptors (Lipinski definition) is 2. The third-order valence-corrected chi connectivity index (χ3v) is 4.76. The molecule has 3 heteroatoms. The van der Waals surface area contributed by atoms with Crippen LogP contribution in [-0.4, -0.2) is 22.4 Å². The van der Waals surface area contributed by atoms with Gasteiger partial charge < -0.3 is 10.2 Å². The molecular weight excluding hydrogens is 260 g/mol. The van der Waals surface area contributed by atoms with Crippen LogP contribution in [-0.2, 0) is 0 Å². The Balaban J connectivity index is 2.08. The first kappa shape index (κ1) is 11.5. The van der Waals surface area contributed by atoms with E-state index in [-0.39, 0.29) is 11.8 Å². The zero-order valence-corrected chi connectivity index (χ0v) is 10.9. The first-order valence-corrected chi connectivity index (χ1v) is 6.81. The van der Waals surface area contributed by atoms with E-state index in [1.165, 1.54) is 0 Å². The van der Waals surface area contributed by atoms with Crippen LogP contribution in [0.5, 0.6) is 0 Å². The molecule has 19 heavy (non-hydrogen) atoms. The maximum Gasteiger partial charge on any atom is 0.0918 e. The number of hydrogen-bond donors (Lipinski definition) is 2. The molecule has 2 nitrogen and oxygen atoms in total. The molecule has 0 heterocycles. The summed E-state index contributed by atoms with van der Waals surface area (Å²) in [5.74, 6) is -0.398.